The molecule has 20 heavy (non-hydrogen) atoms. The molecular formula is C12H14BrNO5S. The summed E-state index contributed by atoms with van der Waals surface area (Å²) in [6, 6.07) is 4.16. The molecule has 110 valence electrons. The van der Waals surface area contributed by atoms with Crippen LogP contribution in [0.2, 0.25) is 0 Å². The van der Waals surface area contributed by atoms with Crippen molar-refractivity contribution in [2.45, 2.75) is 18.9 Å². The lowest BCUT2D eigenvalue weighted by molar-refractivity contribution is 0.0697. The van der Waals surface area contributed by atoms with E-state index < -0.39 is 16.0 Å². The van der Waals surface area contributed by atoms with Gasteiger partial charge in [-0.3, -0.25) is 4.72 Å². The molecule has 1 atom stereocenters. The first-order valence-corrected chi connectivity index (χ1v) is 8.47. The van der Waals surface area contributed by atoms with Gasteiger partial charge >= 0.3 is 5.97 Å². The first-order valence-electron chi connectivity index (χ1n) is 6.02. The number of hydrogen-bond acceptors (Lipinski definition) is 4. The molecule has 2 N–H and O–H groups in total. The average Bonchev–Trinajstić information content (AvgIpc) is 2.83. The van der Waals surface area contributed by atoms with Gasteiger partial charge in [0.1, 0.15) is 0 Å². The summed E-state index contributed by atoms with van der Waals surface area (Å²) >= 11 is 3.19. The Morgan fingerprint density at radius 1 is 1.50 bits per heavy atom. The largest absolute Gasteiger partial charge is 0.478 e. The number of benzene rings is 1. The zero-order valence-electron chi connectivity index (χ0n) is 10.5. The Kier molecular flexibility index (Phi) is 4.66. The standard InChI is InChI=1S/C12H14BrNO5S/c13-10-4-3-8(12(15)16)6-11(10)14-20(17,18)7-9-2-1-5-19-9/h3-4,6,9,14H,1-2,5,7H2,(H,15,16). The lowest BCUT2D eigenvalue weighted by atomic mass is 10.2. The summed E-state index contributed by atoms with van der Waals surface area (Å²) in [4.78, 5) is 10.9. The number of carbonyl (C=O) groups is 1. The molecule has 0 spiro atoms. The van der Waals surface area contributed by atoms with Gasteiger partial charge in [-0.05, 0) is 47.0 Å². The first-order chi connectivity index (χ1) is 9.37. The minimum absolute atomic E-state index is 0.0167. The summed E-state index contributed by atoms with van der Waals surface area (Å²) in [5, 5.41) is 8.92. The molecule has 1 fully saturated rings. The van der Waals surface area contributed by atoms with Crippen molar-refractivity contribution in [3.63, 3.8) is 0 Å². The van der Waals surface area contributed by atoms with Crippen LogP contribution in [0.5, 0.6) is 0 Å². The van der Waals surface area contributed by atoms with E-state index in [1.54, 1.807) is 0 Å². The van der Waals surface area contributed by atoms with Gasteiger partial charge in [0, 0.05) is 11.1 Å². The maximum Gasteiger partial charge on any atom is 0.335 e. The second-order valence-electron chi connectivity index (χ2n) is 4.52. The number of ether oxygens (including phenoxy) is 1. The fourth-order valence-corrected chi connectivity index (χ4v) is 3.78. The molecule has 0 amide bonds. The molecule has 6 nitrogen and oxygen atoms in total. The number of anilines is 1. The zero-order valence-corrected chi connectivity index (χ0v) is 12.9. The Bertz CT molecular complexity index is 610. The number of halogens is 1. The second kappa shape index (κ2) is 6.11. The van der Waals surface area contributed by atoms with Gasteiger partial charge in [-0.25, -0.2) is 13.2 Å². The fourth-order valence-electron chi connectivity index (χ4n) is 1.97. The first kappa shape index (κ1) is 15.3. The smallest absolute Gasteiger partial charge is 0.335 e. The van der Waals surface area contributed by atoms with Crippen LogP contribution in [0.1, 0.15) is 23.2 Å². The minimum Gasteiger partial charge on any atom is -0.478 e. The molecule has 0 aliphatic carbocycles. The Morgan fingerprint density at radius 2 is 2.25 bits per heavy atom. The molecule has 1 heterocycles. The average molecular weight is 364 g/mol. The topological polar surface area (TPSA) is 92.7 Å². The maximum absolute atomic E-state index is 12.0. The number of hydrogen-bond donors (Lipinski definition) is 2. The summed E-state index contributed by atoms with van der Waals surface area (Å²) < 4.78 is 32.2. The van der Waals surface area contributed by atoms with E-state index in [-0.39, 0.29) is 23.1 Å². The van der Waals surface area contributed by atoms with E-state index in [9.17, 15) is 13.2 Å². The van der Waals surface area contributed by atoms with E-state index in [1.165, 1.54) is 18.2 Å². The maximum atomic E-state index is 12.0. The SMILES string of the molecule is O=C(O)c1ccc(Br)c(NS(=O)(=O)CC2CCCO2)c1. The van der Waals surface area contributed by atoms with Gasteiger partial charge in [0.05, 0.1) is 23.1 Å². The van der Waals surface area contributed by atoms with E-state index >= 15 is 0 Å². The van der Waals surface area contributed by atoms with Crippen LogP contribution in [0.25, 0.3) is 0 Å². The molecule has 1 aliphatic heterocycles. The van der Waals surface area contributed by atoms with Crippen molar-refractivity contribution in [3.8, 4) is 0 Å². The number of carboxylic acid groups (broad SMARTS) is 1. The van der Waals surface area contributed by atoms with Crippen LogP contribution in [0, 0.1) is 0 Å². The van der Waals surface area contributed by atoms with Crippen molar-refractivity contribution < 1.29 is 23.1 Å². The summed E-state index contributed by atoms with van der Waals surface area (Å²) in [6.07, 6.45) is 1.28. The third-order valence-corrected chi connectivity index (χ3v) is 4.94. The Hall–Kier alpha value is -1.12. The number of sulfonamides is 1. The summed E-state index contributed by atoms with van der Waals surface area (Å²) in [5.74, 6) is -1.24. The predicted octanol–water partition coefficient (Wildman–Crippen LogP) is 2.07. The van der Waals surface area contributed by atoms with Gasteiger partial charge in [0.25, 0.3) is 0 Å². The van der Waals surface area contributed by atoms with E-state index in [0.29, 0.717) is 11.1 Å². The molecule has 0 bridgehead atoms. The number of nitrogens with one attached hydrogen (secondary N) is 1. The van der Waals surface area contributed by atoms with Crippen molar-refractivity contribution in [3.05, 3.63) is 28.2 Å². The van der Waals surface area contributed by atoms with E-state index in [4.69, 9.17) is 9.84 Å². The highest BCUT2D eigenvalue weighted by atomic mass is 79.9. The van der Waals surface area contributed by atoms with Crippen molar-refractivity contribution in [2.75, 3.05) is 17.1 Å². The van der Waals surface area contributed by atoms with Crippen molar-refractivity contribution >= 4 is 37.6 Å². The summed E-state index contributed by atoms with van der Waals surface area (Å²) in [6.45, 7) is 0.582. The third kappa shape index (κ3) is 3.94. The zero-order chi connectivity index (χ0) is 14.8. The molecule has 1 unspecified atom stereocenters. The highest BCUT2D eigenvalue weighted by Crippen LogP contribution is 2.25. The highest BCUT2D eigenvalue weighted by Gasteiger charge is 2.24. The normalized spacial score (nSPS) is 18.9. The summed E-state index contributed by atoms with van der Waals surface area (Å²) in [7, 11) is -3.58. The van der Waals surface area contributed by atoms with Gasteiger partial charge in [0.2, 0.25) is 10.0 Å². The van der Waals surface area contributed by atoms with Crippen molar-refractivity contribution in [1.82, 2.24) is 0 Å². The van der Waals surface area contributed by atoms with Gasteiger partial charge in [-0.1, -0.05) is 0 Å². The molecule has 1 saturated heterocycles. The van der Waals surface area contributed by atoms with Gasteiger partial charge in [-0.15, -0.1) is 0 Å². The quantitative estimate of drug-likeness (QED) is 0.835. The van der Waals surface area contributed by atoms with Crippen LogP contribution >= 0.6 is 15.9 Å². The Balaban J connectivity index is 2.15. The van der Waals surface area contributed by atoms with Gasteiger partial charge < -0.3 is 9.84 Å². The number of carboxylic acids is 1. The van der Waals surface area contributed by atoms with Crippen LogP contribution in [0.4, 0.5) is 5.69 Å². The lowest BCUT2D eigenvalue weighted by Crippen LogP contribution is -2.25. The molecule has 0 aromatic heterocycles. The van der Waals surface area contributed by atoms with Crippen molar-refractivity contribution in [2.24, 2.45) is 0 Å². The number of aromatic carboxylic acids is 1. The van der Waals surface area contributed by atoms with E-state index in [2.05, 4.69) is 20.7 Å². The number of rotatable bonds is 5. The van der Waals surface area contributed by atoms with Crippen LogP contribution in [-0.4, -0.2) is 38.0 Å². The van der Waals surface area contributed by atoms with Crippen LogP contribution in [-0.2, 0) is 14.8 Å². The lowest BCUT2D eigenvalue weighted by Gasteiger charge is -2.13. The van der Waals surface area contributed by atoms with E-state index in [0.717, 1.165) is 12.8 Å². The minimum atomic E-state index is -3.58. The van der Waals surface area contributed by atoms with Crippen molar-refractivity contribution in [1.29, 1.82) is 0 Å². The van der Waals surface area contributed by atoms with Gasteiger partial charge in [-0.2, -0.15) is 0 Å². The molecule has 2 rings (SSSR count). The molecule has 1 aromatic rings. The fraction of sp³-hybridized carbons (Fsp3) is 0.417. The molecule has 1 aliphatic rings. The van der Waals surface area contributed by atoms with Crippen LogP contribution in [0.3, 0.4) is 0 Å². The van der Waals surface area contributed by atoms with Crippen LogP contribution in [0.15, 0.2) is 22.7 Å². The van der Waals surface area contributed by atoms with Crippen LogP contribution < -0.4 is 4.72 Å². The molecule has 0 radical (unpaired) electrons. The monoisotopic (exact) mass is 363 g/mol. The molecule has 0 saturated carbocycles. The Morgan fingerprint density at radius 3 is 2.85 bits per heavy atom. The molecule has 1 aromatic carbocycles. The molecular weight excluding hydrogens is 350 g/mol. The second-order valence-corrected chi connectivity index (χ2v) is 7.14. The van der Waals surface area contributed by atoms with Gasteiger partial charge in [0.15, 0.2) is 0 Å². The summed E-state index contributed by atoms with van der Waals surface area (Å²) in [5.41, 5.74) is 0.228. The Labute approximate surface area is 125 Å². The third-order valence-electron chi connectivity index (χ3n) is 2.91. The van der Waals surface area contributed by atoms with E-state index in [1.807, 2.05) is 0 Å². The predicted molar refractivity (Wildman–Crippen MR) is 77.5 cm³/mol. The highest BCUT2D eigenvalue weighted by molar-refractivity contribution is 9.10. The molecule has 8 heteroatoms.